The molecule has 1 aromatic rings. The molecule has 1 heterocycles. The van der Waals surface area contributed by atoms with Crippen molar-refractivity contribution in [1.29, 1.82) is 0 Å². The fourth-order valence-corrected chi connectivity index (χ4v) is 2.35. The maximum Gasteiger partial charge on any atom is 0.123 e. The molecule has 1 saturated heterocycles. The van der Waals surface area contributed by atoms with E-state index in [1.807, 2.05) is 12.1 Å². The van der Waals surface area contributed by atoms with E-state index in [9.17, 15) is 4.39 Å². The number of nitrogens with zero attached hydrogens (tertiary/aromatic N) is 2. The summed E-state index contributed by atoms with van der Waals surface area (Å²) in [6, 6.07) is 6.78. The minimum atomic E-state index is -0.160. The van der Waals surface area contributed by atoms with Crippen molar-refractivity contribution in [2.45, 2.75) is 6.54 Å². The van der Waals surface area contributed by atoms with Crippen LogP contribution >= 0.6 is 0 Å². The molecule has 16 heavy (non-hydrogen) atoms. The summed E-state index contributed by atoms with van der Waals surface area (Å²) in [5, 5.41) is 0. The summed E-state index contributed by atoms with van der Waals surface area (Å²) in [6.07, 6.45) is 0. The Hall–Kier alpha value is -0.930. The van der Waals surface area contributed by atoms with Gasteiger partial charge >= 0.3 is 0 Å². The lowest BCUT2D eigenvalue weighted by atomic mass is 10.0. The predicted molar refractivity (Wildman–Crippen MR) is 63.7 cm³/mol. The van der Waals surface area contributed by atoms with Crippen LogP contribution in [0.1, 0.15) is 5.56 Å². The second-order valence-corrected chi connectivity index (χ2v) is 4.91. The molecule has 2 rings (SSSR count). The van der Waals surface area contributed by atoms with Crippen molar-refractivity contribution in [2.75, 3.05) is 33.7 Å². The van der Waals surface area contributed by atoms with Crippen molar-refractivity contribution in [1.82, 2.24) is 9.80 Å². The first-order chi connectivity index (χ1) is 7.63. The molecule has 0 aromatic heterocycles. The number of hydrogen-bond donors (Lipinski definition) is 0. The van der Waals surface area contributed by atoms with E-state index in [1.165, 1.54) is 30.8 Å². The Kier molecular flexibility index (Phi) is 3.56. The highest BCUT2D eigenvalue weighted by molar-refractivity contribution is 5.15. The molecule has 2 nitrogen and oxygen atoms in total. The third kappa shape index (κ3) is 3.03. The molecule has 88 valence electrons. The fourth-order valence-electron chi connectivity index (χ4n) is 2.35. The molecule has 1 aliphatic heterocycles. The van der Waals surface area contributed by atoms with E-state index in [2.05, 4.69) is 23.9 Å². The third-order valence-corrected chi connectivity index (χ3v) is 3.08. The highest BCUT2D eigenvalue weighted by Gasteiger charge is 2.23. The Bertz CT molecular complexity index is 330. The smallest absolute Gasteiger partial charge is 0.123 e. The Morgan fingerprint density at radius 3 is 2.50 bits per heavy atom. The van der Waals surface area contributed by atoms with Gasteiger partial charge in [-0.3, -0.25) is 0 Å². The number of hydrogen-bond acceptors (Lipinski definition) is 2. The van der Waals surface area contributed by atoms with Crippen molar-refractivity contribution in [3.8, 4) is 0 Å². The molecule has 0 saturated carbocycles. The number of likely N-dealkylation sites (tertiary alicyclic amines) is 1. The topological polar surface area (TPSA) is 6.48 Å². The average molecular weight is 222 g/mol. The Labute approximate surface area is 96.7 Å². The normalized spacial score (nSPS) is 17.8. The van der Waals surface area contributed by atoms with Crippen LogP contribution in [-0.2, 0) is 6.54 Å². The highest BCUT2D eigenvalue weighted by Crippen LogP contribution is 2.15. The van der Waals surface area contributed by atoms with Gasteiger partial charge in [0.2, 0.25) is 0 Å². The highest BCUT2D eigenvalue weighted by atomic mass is 19.1. The molecule has 1 aromatic carbocycles. The SMILES string of the molecule is CN(Cc1ccc(F)cc1)CC1CN(C)C1. The summed E-state index contributed by atoms with van der Waals surface area (Å²) < 4.78 is 12.7. The van der Waals surface area contributed by atoms with E-state index in [4.69, 9.17) is 0 Å². The van der Waals surface area contributed by atoms with Gasteiger partial charge in [-0.2, -0.15) is 0 Å². The van der Waals surface area contributed by atoms with Crippen LogP contribution in [0.15, 0.2) is 24.3 Å². The van der Waals surface area contributed by atoms with Gasteiger partial charge in [0.05, 0.1) is 0 Å². The Morgan fingerprint density at radius 1 is 1.31 bits per heavy atom. The maximum absolute atomic E-state index is 12.7. The first-order valence-corrected chi connectivity index (χ1v) is 5.75. The second kappa shape index (κ2) is 4.93. The van der Waals surface area contributed by atoms with Gasteiger partial charge in [-0.25, -0.2) is 4.39 Å². The largest absolute Gasteiger partial charge is 0.306 e. The quantitative estimate of drug-likeness (QED) is 0.766. The van der Waals surface area contributed by atoms with E-state index in [-0.39, 0.29) is 5.82 Å². The van der Waals surface area contributed by atoms with Gasteiger partial charge in [0, 0.05) is 26.2 Å². The van der Waals surface area contributed by atoms with Crippen molar-refractivity contribution < 1.29 is 4.39 Å². The van der Waals surface area contributed by atoms with Crippen LogP contribution in [0.5, 0.6) is 0 Å². The summed E-state index contributed by atoms with van der Waals surface area (Å²) in [5.41, 5.74) is 1.18. The fraction of sp³-hybridized carbons (Fsp3) is 0.538. The minimum Gasteiger partial charge on any atom is -0.306 e. The van der Waals surface area contributed by atoms with Crippen LogP contribution in [0.3, 0.4) is 0 Å². The van der Waals surface area contributed by atoms with Crippen molar-refractivity contribution >= 4 is 0 Å². The van der Waals surface area contributed by atoms with Crippen LogP contribution in [0.2, 0.25) is 0 Å². The van der Waals surface area contributed by atoms with Crippen molar-refractivity contribution in [3.05, 3.63) is 35.6 Å². The molecule has 0 atom stereocenters. The first kappa shape index (κ1) is 11.6. The van der Waals surface area contributed by atoms with Crippen molar-refractivity contribution in [3.63, 3.8) is 0 Å². The molecule has 0 amide bonds. The standard InChI is InChI=1S/C13H19FN2/c1-15(8-12-9-16(2)10-12)7-11-3-5-13(14)6-4-11/h3-6,12H,7-10H2,1-2H3. The molecule has 1 fully saturated rings. The maximum atomic E-state index is 12.7. The van der Waals surface area contributed by atoms with E-state index >= 15 is 0 Å². The van der Waals surface area contributed by atoms with E-state index in [0.29, 0.717) is 0 Å². The summed E-state index contributed by atoms with van der Waals surface area (Å²) in [5.74, 6) is 0.641. The first-order valence-electron chi connectivity index (χ1n) is 5.75. The van der Waals surface area contributed by atoms with Gasteiger partial charge < -0.3 is 9.80 Å². The summed E-state index contributed by atoms with van der Waals surface area (Å²) in [4.78, 5) is 4.64. The number of halogens is 1. The Balaban J connectivity index is 1.78. The van der Waals surface area contributed by atoms with Gasteiger partial charge in [0.25, 0.3) is 0 Å². The lowest BCUT2D eigenvalue weighted by Crippen LogP contribution is -2.48. The minimum absolute atomic E-state index is 0.160. The van der Waals surface area contributed by atoms with Gasteiger partial charge in [-0.15, -0.1) is 0 Å². The lowest BCUT2D eigenvalue weighted by Gasteiger charge is -2.38. The zero-order valence-electron chi connectivity index (χ0n) is 9.99. The number of rotatable bonds is 4. The van der Waals surface area contributed by atoms with Crippen molar-refractivity contribution in [2.24, 2.45) is 5.92 Å². The third-order valence-electron chi connectivity index (χ3n) is 3.08. The summed E-state index contributed by atoms with van der Waals surface area (Å²) >= 11 is 0. The predicted octanol–water partition coefficient (Wildman–Crippen LogP) is 1.82. The Morgan fingerprint density at radius 2 is 1.94 bits per heavy atom. The molecular weight excluding hydrogens is 203 g/mol. The number of benzene rings is 1. The molecule has 0 radical (unpaired) electrons. The molecule has 1 aliphatic rings. The molecule has 0 aliphatic carbocycles. The molecular formula is C13H19FN2. The molecule has 3 heteroatoms. The lowest BCUT2D eigenvalue weighted by molar-refractivity contribution is 0.0980. The van der Waals surface area contributed by atoms with E-state index < -0.39 is 0 Å². The van der Waals surface area contributed by atoms with Gasteiger partial charge in [-0.1, -0.05) is 12.1 Å². The molecule has 0 bridgehead atoms. The molecule has 0 spiro atoms. The van der Waals surface area contributed by atoms with Crippen LogP contribution in [-0.4, -0.2) is 43.5 Å². The van der Waals surface area contributed by atoms with Gasteiger partial charge in [0.1, 0.15) is 5.82 Å². The molecule has 0 N–H and O–H groups in total. The van der Waals surface area contributed by atoms with Crippen LogP contribution in [0.25, 0.3) is 0 Å². The van der Waals surface area contributed by atoms with Gasteiger partial charge in [-0.05, 0) is 37.7 Å². The molecule has 0 unspecified atom stereocenters. The average Bonchev–Trinajstić information content (AvgIpc) is 2.19. The van der Waals surface area contributed by atoms with Crippen LogP contribution < -0.4 is 0 Å². The second-order valence-electron chi connectivity index (χ2n) is 4.91. The zero-order chi connectivity index (χ0) is 11.5. The van der Waals surface area contributed by atoms with Crippen LogP contribution in [0, 0.1) is 11.7 Å². The van der Waals surface area contributed by atoms with E-state index in [1.54, 1.807) is 0 Å². The van der Waals surface area contributed by atoms with Crippen LogP contribution in [0.4, 0.5) is 4.39 Å². The summed E-state index contributed by atoms with van der Waals surface area (Å²) in [6.45, 7) is 4.43. The van der Waals surface area contributed by atoms with Gasteiger partial charge in [0.15, 0.2) is 0 Å². The zero-order valence-corrected chi connectivity index (χ0v) is 9.99. The summed E-state index contributed by atoms with van der Waals surface area (Å²) in [7, 11) is 4.28. The monoisotopic (exact) mass is 222 g/mol. The van der Waals surface area contributed by atoms with E-state index in [0.717, 1.165) is 19.0 Å².